The van der Waals surface area contributed by atoms with Crippen molar-refractivity contribution in [1.82, 2.24) is 25.1 Å². The summed E-state index contributed by atoms with van der Waals surface area (Å²) in [7, 11) is 0. The number of hydrogen-bond donors (Lipinski definition) is 2. The van der Waals surface area contributed by atoms with Crippen molar-refractivity contribution in [1.29, 1.82) is 0 Å². The summed E-state index contributed by atoms with van der Waals surface area (Å²) in [6, 6.07) is 13.1. The van der Waals surface area contributed by atoms with Crippen LogP contribution in [0, 0.1) is 0 Å². The largest absolute Gasteiger partial charge is 0.351 e. The summed E-state index contributed by atoms with van der Waals surface area (Å²) in [6.45, 7) is 7.51. The molecule has 1 aromatic carbocycles. The summed E-state index contributed by atoms with van der Waals surface area (Å²) in [5, 5.41) is 10.8. The minimum Gasteiger partial charge on any atom is -0.351 e. The third kappa shape index (κ3) is 4.39. The van der Waals surface area contributed by atoms with Crippen LogP contribution in [-0.4, -0.2) is 44.2 Å². The highest BCUT2D eigenvalue weighted by Crippen LogP contribution is 2.26. The molecule has 0 saturated carbocycles. The number of piperidine rings is 1. The van der Waals surface area contributed by atoms with Gasteiger partial charge in [-0.1, -0.05) is 44.2 Å². The summed E-state index contributed by atoms with van der Waals surface area (Å²) in [5.41, 5.74) is 4.46. The van der Waals surface area contributed by atoms with E-state index in [1.165, 1.54) is 5.56 Å². The Kier molecular flexibility index (Phi) is 5.67. The van der Waals surface area contributed by atoms with Gasteiger partial charge in [-0.3, -0.25) is 10.00 Å². The van der Waals surface area contributed by atoms with Crippen LogP contribution in [0.4, 0.5) is 5.95 Å². The second-order valence-corrected chi connectivity index (χ2v) is 7.80. The molecule has 3 aromatic rings. The van der Waals surface area contributed by atoms with E-state index in [4.69, 9.17) is 4.98 Å². The van der Waals surface area contributed by atoms with E-state index in [1.807, 2.05) is 18.5 Å². The molecule has 28 heavy (non-hydrogen) atoms. The Balaban J connectivity index is 1.36. The maximum absolute atomic E-state index is 4.74. The van der Waals surface area contributed by atoms with Crippen molar-refractivity contribution in [3.63, 3.8) is 0 Å². The lowest BCUT2D eigenvalue weighted by Crippen LogP contribution is -2.38. The lowest BCUT2D eigenvalue weighted by atomic mass is 10.0. The zero-order valence-corrected chi connectivity index (χ0v) is 16.6. The molecule has 0 radical (unpaired) electrons. The van der Waals surface area contributed by atoms with Gasteiger partial charge in [0.15, 0.2) is 0 Å². The summed E-state index contributed by atoms with van der Waals surface area (Å²) in [6.07, 6.45) is 5.88. The predicted molar refractivity (Wildman–Crippen MR) is 112 cm³/mol. The van der Waals surface area contributed by atoms with Crippen LogP contribution >= 0.6 is 0 Å². The van der Waals surface area contributed by atoms with Crippen LogP contribution in [0.15, 0.2) is 48.8 Å². The standard InChI is InChI=1S/C22H28N6/c1-16(2)21-19(14-24-27-21)20-8-11-23-22(26-20)25-18-9-12-28(13-10-18)15-17-6-4-3-5-7-17/h3-8,11,14,16,18H,9-10,12-13,15H2,1-2H3,(H,24,27)(H,23,25,26). The highest BCUT2D eigenvalue weighted by atomic mass is 15.2. The molecular weight excluding hydrogens is 348 g/mol. The minimum absolute atomic E-state index is 0.373. The van der Waals surface area contributed by atoms with E-state index in [1.54, 1.807) is 0 Å². The Hall–Kier alpha value is -2.73. The molecule has 146 valence electrons. The molecule has 1 fully saturated rings. The van der Waals surface area contributed by atoms with Crippen molar-refractivity contribution in [2.45, 2.75) is 45.2 Å². The molecular formula is C22H28N6. The molecule has 0 unspecified atom stereocenters. The fraction of sp³-hybridized carbons (Fsp3) is 0.409. The lowest BCUT2D eigenvalue weighted by molar-refractivity contribution is 0.211. The SMILES string of the molecule is CC(C)c1[nH]ncc1-c1ccnc(NC2CCN(Cc3ccccc3)CC2)n1. The Bertz CT molecular complexity index is 881. The molecule has 6 heteroatoms. The van der Waals surface area contributed by atoms with E-state index in [2.05, 4.69) is 69.6 Å². The van der Waals surface area contributed by atoms with Crippen LogP contribution in [0.1, 0.15) is 43.9 Å². The zero-order chi connectivity index (χ0) is 19.3. The maximum Gasteiger partial charge on any atom is 0.223 e. The van der Waals surface area contributed by atoms with Crippen LogP contribution in [0.25, 0.3) is 11.3 Å². The molecule has 1 aliphatic rings. The van der Waals surface area contributed by atoms with Gasteiger partial charge < -0.3 is 5.32 Å². The van der Waals surface area contributed by atoms with Gasteiger partial charge in [0.2, 0.25) is 5.95 Å². The van der Waals surface area contributed by atoms with E-state index in [-0.39, 0.29) is 0 Å². The Morgan fingerprint density at radius 3 is 2.68 bits per heavy atom. The zero-order valence-electron chi connectivity index (χ0n) is 16.6. The summed E-state index contributed by atoms with van der Waals surface area (Å²) in [5.74, 6) is 1.08. The number of likely N-dealkylation sites (tertiary alicyclic amines) is 1. The third-order valence-electron chi connectivity index (χ3n) is 5.35. The van der Waals surface area contributed by atoms with Crippen molar-refractivity contribution < 1.29 is 0 Å². The topological polar surface area (TPSA) is 69.7 Å². The molecule has 0 aliphatic carbocycles. The molecule has 4 rings (SSSR count). The molecule has 0 amide bonds. The van der Waals surface area contributed by atoms with Crippen LogP contribution in [-0.2, 0) is 6.54 Å². The molecule has 3 heterocycles. The number of benzene rings is 1. The third-order valence-corrected chi connectivity index (χ3v) is 5.35. The number of nitrogens with one attached hydrogen (secondary N) is 2. The van der Waals surface area contributed by atoms with E-state index in [0.29, 0.717) is 17.9 Å². The van der Waals surface area contributed by atoms with Crippen LogP contribution < -0.4 is 5.32 Å². The first-order chi connectivity index (χ1) is 13.7. The fourth-order valence-electron chi connectivity index (χ4n) is 3.78. The maximum atomic E-state index is 4.74. The Labute approximate surface area is 166 Å². The average Bonchev–Trinajstić information content (AvgIpc) is 3.21. The van der Waals surface area contributed by atoms with Crippen molar-refractivity contribution in [3.05, 3.63) is 60.0 Å². The van der Waals surface area contributed by atoms with Gasteiger partial charge in [-0.15, -0.1) is 0 Å². The van der Waals surface area contributed by atoms with E-state index in [0.717, 1.165) is 49.4 Å². The lowest BCUT2D eigenvalue weighted by Gasteiger charge is -2.32. The first kappa shape index (κ1) is 18.6. The number of nitrogens with zero attached hydrogens (tertiary/aromatic N) is 4. The number of H-pyrrole nitrogens is 1. The van der Waals surface area contributed by atoms with Crippen molar-refractivity contribution in [2.24, 2.45) is 0 Å². The highest BCUT2D eigenvalue weighted by molar-refractivity contribution is 5.62. The molecule has 6 nitrogen and oxygen atoms in total. The number of rotatable bonds is 6. The van der Waals surface area contributed by atoms with Gasteiger partial charge in [-0.25, -0.2) is 9.97 Å². The smallest absolute Gasteiger partial charge is 0.223 e. The van der Waals surface area contributed by atoms with E-state index < -0.39 is 0 Å². The molecule has 1 aliphatic heterocycles. The molecule has 0 atom stereocenters. The molecule has 0 bridgehead atoms. The normalized spacial score (nSPS) is 15.8. The van der Waals surface area contributed by atoms with Gasteiger partial charge >= 0.3 is 0 Å². The highest BCUT2D eigenvalue weighted by Gasteiger charge is 2.20. The van der Waals surface area contributed by atoms with Crippen LogP contribution in [0.5, 0.6) is 0 Å². The number of aromatic amines is 1. The summed E-state index contributed by atoms with van der Waals surface area (Å²) in [4.78, 5) is 11.7. The first-order valence-corrected chi connectivity index (χ1v) is 10.1. The van der Waals surface area contributed by atoms with E-state index >= 15 is 0 Å². The van der Waals surface area contributed by atoms with Gasteiger partial charge in [0.25, 0.3) is 0 Å². The van der Waals surface area contributed by atoms with E-state index in [9.17, 15) is 0 Å². The monoisotopic (exact) mass is 376 g/mol. The van der Waals surface area contributed by atoms with Crippen molar-refractivity contribution >= 4 is 5.95 Å². The van der Waals surface area contributed by atoms with Gasteiger partial charge in [-0.2, -0.15) is 5.10 Å². The number of anilines is 1. The van der Waals surface area contributed by atoms with Gasteiger partial charge in [0.05, 0.1) is 11.9 Å². The summed E-state index contributed by atoms with van der Waals surface area (Å²) >= 11 is 0. The first-order valence-electron chi connectivity index (χ1n) is 10.1. The molecule has 0 spiro atoms. The van der Waals surface area contributed by atoms with Crippen LogP contribution in [0.2, 0.25) is 0 Å². The van der Waals surface area contributed by atoms with Gasteiger partial charge in [-0.05, 0) is 30.4 Å². The fourth-order valence-corrected chi connectivity index (χ4v) is 3.78. The number of hydrogen-bond acceptors (Lipinski definition) is 5. The quantitative estimate of drug-likeness (QED) is 0.679. The number of aromatic nitrogens is 4. The molecule has 2 N–H and O–H groups in total. The minimum atomic E-state index is 0.373. The molecule has 1 saturated heterocycles. The Morgan fingerprint density at radius 2 is 1.93 bits per heavy atom. The van der Waals surface area contributed by atoms with Crippen molar-refractivity contribution in [3.8, 4) is 11.3 Å². The molecule has 2 aromatic heterocycles. The van der Waals surface area contributed by atoms with Crippen LogP contribution in [0.3, 0.4) is 0 Å². The van der Waals surface area contributed by atoms with Gasteiger partial charge in [0.1, 0.15) is 0 Å². The van der Waals surface area contributed by atoms with Crippen molar-refractivity contribution in [2.75, 3.05) is 18.4 Å². The average molecular weight is 377 g/mol. The summed E-state index contributed by atoms with van der Waals surface area (Å²) < 4.78 is 0. The second kappa shape index (κ2) is 8.52. The Morgan fingerprint density at radius 1 is 1.14 bits per heavy atom. The predicted octanol–water partition coefficient (Wildman–Crippen LogP) is 4.07. The van der Waals surface area contributed by atoms with Gasteiger partial charge in [0, 0.05) is 43.1 Å². The second-order valence-electron chi connectivity index (χ2n) is 7.80.